The molecule has 3 aromatic carbocycles. The molecule has 0 amide bonds. The zero-order valence-corrected chi connectivity index (χ0v) is 22.6. The number of aliphatic carboxylic acids is 1. The molecule has 1 N–H and O–H groups in total. The molecule has 0 saturated carbocycles. The molecular weight excluding hydrogens is 528 g/mol. The average Bonchev–Trinajstić information content (AvgIpc) is 3.29. The van der Waals surface area contributed by atoms with E-state index in [1.807, 2.05) is 13.0 Å². The van der Waals surface area contributed by atoms with Crippen molar-refractivity contribution in [2.75, 3.05) is 6.61 Å². The van der Waals surface area contributed by atoms with Gasteiger partial charge in [-0.3, -0.25) is 4.79 Å². The highest BCUT2D eigenvalue weighted by molar-refractivity contribution is 5.85. The lowest BCUT2D eigenvalue weighted by molar-refractivity contribution is -0.140. The third-order valence-electron chi connectivity index (χ3n) is 7.18. The van der Waals surface area contributed by atoms with Crippen molar-refractivity contribution in [3.63, 3.8) is 0 Å². The molecular formula is C32H29F2N3O4. The molecule has 0 radical (unpaired) electrons. The predicted molar refractivity (Wildman–Crippen MR) is 151 cm³/mol. The SMILES string of the molecule is CCC(C(=O)O)n1c(C)nc2c(OCCn3cc(C(c4ccc(F)cc4)c4ccc(F)cc4)ccc3=O)cccc21. The first kappa shape index (κ1) is 27.8. The molecule has 7 nitrogen and oxygen atoms in total. The number of halogens is 2. The Morgan fingerprint density at radius 3 is 2.12 bits per heavy atom. The van der Waals surface area contributed by atoms with E-state index in [4.69, 9.17) is 4.74 Å². The van der Waals surface area contributed by atoms with Crippen molar-refractivity contribution in [2.45, 2.75) is 38.8 Å². The van der Waals surface area contributed by atoms with Crippen molar-refractivity contribution in [2.24, 2.45) is 0 Å². The van der Waals surface area contributed by atoms with E-state index in [9.17, 15) is 23.5 Å². The summed E-state index contributed by atoms with van der Waals surface area (Å²) in [6.07, 6.45) is 2.14. The number of aryl methyl sites for hydroxylation is 1. The Kier molecular flexibility index (Phi) is 7.96. The van der Waals surface area contributed by atoms with Crippen LogP contribution >= 0.6 is 0 Å². The van der Waals surface area contributed by atoms with Crippen LogP contribution in [0.2, 0.25) is 0 Å². The van der Waals surface area contributed by atoms with Gasteiger partial charge in [0.2, 0.25) is 0 Å². The van der Waals surface area contributed by atoms with Crippen LogP contribution in [-0.2, 0) is 11.3 Å². The topological polar surface area (TPSA) is 86.3 Å². The molecule has 0 aliphatic rings. The summed E-state index contributed by atoms with van der Waals surface area (Å²) in [4.78, 5) is 29.2. The van der Waals surface area contributed by atoms with Crippen LogP contribution in [-0.4, -0.2) is 31.8 Å². The number of rotatable bonds is 10. The van der Waals surface area contributed by atoms with Gasteiger partial charge in [-0.1, -0.05) is 43.3 Å². The van der Waals surface area contributed by atoms with Crippen LogP contribution in [0.3, 0.4) is 0 Å². The number of fused-ring (bicyclic) bond motifs is 1. The second kappa shape index (κ2) is 11.8. The first-order valence-electron chi connectivity index (χ1n) is 13.3. The van der Waals surface area contributed by atoms with Gasteiger partial charge in [0.25, 0.3) is 5.56 Å². The maximum absolute atomic E-state index is 13.7. The van der Waals surface area contributed by atoms with E-state index in [-0.39, 0.29) is 36.3 Å². The van der Waals surface area contributed by atoms with E-state index in [2.05, 4.69) is 4.98 Å². The van der Waals surface area contributed by atoms with Gasteiger partial charge < -0.3 is 19.0 Å². The summed E-state index contributed by atoms with van der Waals surface area (Å²) in [5, 5.41) is 9.68. The summed E-state index contributed by atoms with van der Waals surface area (Å²) in [7, 11) is 0. The van der Waals surface area contributed by atoms with Crippen molar-refractivity contribution in [1.82, 2.24) is 14.1 Å². The molecule has 1 unspecified atom stereocenters. The number of aromatic nitrogens is 3. The number of nitrogens with zero attached hydrogens (tertiary/aromatic N) is 3. The maximum Gasteiger partial charge on any atom is 0.326 e. The van der Waals surface area contributed by atoms with E-state index in [0.717, 1.165) is 16.7 Å². The number of benzene rings is 3. The van der Waals surface area contributed by atoms with Crippen molar-refractivity contribution >= 4 is 17.0 Å². The third kappa shape index (κ3) is 5.75. The number of carboxylic acids is 1. The second-order valence-corrected chi connectivity index (χ2v) is 9.79. The van der Waals surface area contributed by atoms with Crippen LogP contribution in [0.25, 0.3) is 11.0 Å². The third-order valence-corrected chi connectivity index (χ3v) is 7.18. The minimum absolute atomic E-state index is 0.155. The summed E-state index contributed by atoms with van der Waals surface area (Å²) in [6, 6.07) is 20.0. The van der Waals surface area contributed by atoms with Crippen molar-refractivity contribution in [3.05, 3.63) is 130 Å². The number of hydrogen-bond donors (Lipinski definition) is 1. The molecule has 0 fully saturated rings. The minimum Gasteiger partial charge on any atom is -0.489 e. The first-order chi connectivity index (χ1) is 19.8. The normalized spacial score (nSPS) is 12.1. The smallest absolute Gasteiger partial charge is 0.326 e. The van der Waals surface area contributed by atoms with Gasteiger partial charge in [-0.2, -0.15) is 0 Å². The fourth-order valence-corrected chi connectivity index (χ4v) is 5.22. The Balaban J connectivity index is 1.42. The molecule has 2 aromatic heterocycles. The zero-order chi connectivity index (χ0) is 29.1. The molecule has 210 valence electrons. The average molecular weight is 558 g/mol. The number of imidazole rings is 1. The van der Waals surface area contributed by atoms with Crippen LogP contribution in [0, 0.1) is 18.6 Å². The molecule has 5 rings (SSSR count). The van der Waals surface area contributed by atoms with Gasteiger partial charge in [0.15, 0.2) is 0 Å². The molecule has 9 heteroatoms. The molecule has 0 spiro atoms. The fraction of sp³-hybridized carbons (Fsp3) is 0.219. The highest BCUT2D eigenvalue weighted by Gasteiger charge is 2.23. The molecule has 0 saturated heterocycles. The molecule has 2 heterocycles. The van der Waals surface area contributed by atoms with Gasteiger partial charge in [0.05, 0.1) is 12.1 Å². The van der Waals surface area contributed by atoms with E-state index >= 15 is 0 Å². The number of pyridine rings is 1. The lowest BCUT2D eigenvalue weighted by atomic mass is 9.86. The molecule has 0 aliphatic carbocycles. The fourth-order valence-electron chi connectivity index (χ4n) is 5.22. The van der Waals surface area contributed by atoms with Gasteiger partial charge in [-0.15, -0.1) is 0 Å². The Hall–Kier alpha value is -4.79. The predicted octanol–water partition coefficient (Wildman–Crippen LogP) is 6.08. The number of hydrogen-bond acceptors (Lipinski definition) is 4. The van der Waals surface area contributed by atoms with Gasteiger partial charge >= 0.3 is 5.97 Å². The van der Waals surface area contributed by atoms with Crippen molar-refractivity contribution < 1.29 is 23.4 Å². The van der Waals surface area contributed by atoms with Crippen LogP contribution in [0.15, 0.2) is 89.9 Å². The second-order valence-electron chi connectivity index (χ2n) is 9.79. The largest absolute Gasteiger partial charge is 0.489 e. The highest BCUT2D eigenvalue weighted by atomic mass is 19.1. The minimum atomic E-state index is -0.931. The molecule has 0 bridgehead atoms. The molecule has 1 atom stereocenters. The lowest BCUT2D eigenvalue weighted by Gasteiger charge is -2.20. The van der Waals surface area contributed by atoms with E-state index in [1.165, 1.54) is 34.9 Å². The number of carboxylic acid groups (broad SMARTS) is 1. The summed E-state index contributed by atoms with van der Waals surface area (Å²) < 4.78 is 36.6. The zero-order valence-electron chi connectivity index (χ0n) is 22.6. The van der Waals surface area contributed by atoms with Gasteiger partial charge in [0.1, 0.15) is 41.4 Å². The number of para-hydroxylation sites is 1. The molecule has 5 aromatic rings. The lowest BCUT2D eigenvalue weighted by Crippen LogP contribution is -2.23. The van der Waals surface area contributed by atoms with Gasteiger partial charge in [-0.05, 0) is 66.4 Å². The Morgan fingerprint density at radius 2 is 1.54 bits per heavy atom. The van der Waals surface area contributed by atoms with Gasteiger partial charge in [0, 0.05) is 18.2 Å². The van der Waals surface area contributed by atoms with E-state index in [0.29, 0.717) is 29.0 Å². The number of carbonyl (C=O) groups is 1. The Labute approximate surface area is 235 Å². The monoisotopic (exact) mass is 557 g/mol. The van der Waals surface area contributed by atoms with Crippen molar-refractivity contribution in [3.8, 4) is 5.75 Å². The van der Waals surface area contributed by atoms with Crippen molar-refractivity contribution in [1.29, 1.82) is 0 Å². The molecule has 41 heavy (non-hydrogen) atoms. The first-order valence-corrected chi connectivity index (χ1v) is 13.3. The maximum atomic E-state index is 13.7. The summed E-state index contributed by atoms with van der Waals surface area (Å²) >= 11 is 0. The summed E-state index contributed by atoms with van der Waals surface area (Å²) in [6.45, 7) is 3.96. The van der Waals surface area contributed by atoms with Crippen LogP contribution in [0.1, 0.15) is 47.8 Å². The van der Waals surface area contributed by atoms with E-state index in [1.54, 1.807) is 60.2 Å². The Bertz CT molecular complexity index is 1700. The van der Waals surface area contributed by atoms with Gasteiger partial charge in [-0.25, -0.2) is 18.6 Å². The van der Waals surface area contributed by atoms with Crippen LogP contribution in [0.5, 0.6) is 5.75 Å². The highest BCUT2D eigenvalue weighted by Crippen LogP contribution is 2.32. The quantitative estimate of drug-likeness (QED) is 0.225. The van der Waals surface area contributed by atoms with Crippen LogP contribution in [0.4, 0.5) is 8.78 Å². The standard InChI is InChI=1S/C32H29F2N3O4/c1-3-26(32(39)40)37-20(2)35-31-27(37)5-4-6-28(31)41-18-17-36-19-23(11-16-29(36)38)30(21-7-12-24(33)13-8-21)22-9-14-25(34)15-10-22/h4-16,19,26,30H,3,17-18H2,1-2H3,(H,39,40). The summed E-state index contributed by atoms with van der Waals surface area (Å²) in [5.74, 6) is -0.953. The van der Waals surface area contributed by atoms with Crippen LogP contribution < -0.4 is 10.3 Å². The summed E-state index contributed by atoms with van der Waals surface area (Å²) in [5.41, 5.74) is 3.36. The number of ether oxygens (including phenoxy) is 1. The van der Waals surface area contributed by atoms with E-state index < -0.39 is 12.0 Å². The molecule has 0 aliphatic heterocycles. The Morgan fingerprint density at radius 1 is 0.927 bits per heavy atom.